The van der Waals surface area contributed by atoms with Gasteiger partial charge >= 0.3 is 12.0 Å². The van der Waals surface area contributed by atoms with Crippen LogP contribution in [-0.2, 0) is 9.53 Å². The summed E-state index contributed by atoms with van der Waals surface area (Å²) in [6.07, 6.45) is 0.00410. The van der Waals surface area contributed by atoms with Crippen LogP contribution in [0.1, 0.15) is 20.3 Å². The number of methoxy groups -OCH3 is 1. The molecule has 1 aromatic rings. The van der Waals surface area contributed by atoms with E-state index in [1.165, 1.54) is 0 Å². The molecule has 20 heavy (non-hydrogen) atoms. The number of benzene rings is 1. The molecule has 0 spiro atoms. The van der Waals surface area contributed by atoms with Gasteiger partial charge < -0.3 is 20.1 Å². The summed E-state index contributed by atoms with van der Waals surface area (Å²) >= 11 is 0. The molecule has 0 aliphatic rings. The maximum Gasteiger partial charge on any atom is 0.319 e. The quantitative estimate of drug-likeness (QED) is 0.783. The van der Waals surface area contributed by atoms with Crippen LogP contribution in [0, 0.1) is 0 Å². The topological polar surface area (TPSA) is 76.7 Å². The van der Waals surface area contributed by atoms with Crippen LogP contribution in [0.3, 0.4) is 0 Å². The number of anilines is 1. The zero-order valence-corrected chi connectivity index (χ0v) is 11.9. The van der Waals surface area contributed by atoms with Gasteiger partial charge in [0.25, 0.3) is 0 Å². The van der Waals surface area contributed by atoms with E-state index in [1.807, 2.05) is 0 Å². The molecule has 0 aromatic heterocycles. The lowest BCUT2D eigenvalue weighted by Gasteiger charge is -2.09. The summed E-state index contributed by atoms with van der Waals surface area (Å²) in [6, 6.07) is 6.58. The van der Waals surface area contributed by atoms with Gasteiger partial charge in [0.2, 0.25) is 0 Å². The summed E-state index contributed by atoms with van der Waals surface area (Å²) in [5.74, 6) is 0.386. The molecule has 1 rings (SSSR count). The highest BCUT2D eigenvalue weighted by atomic mass is 16.5. The molecule has 6 nitrogen and oxygen atoms in total. The number of esters is 1. The van der Waals surface area contributed by atoms with E-state index in [0.29, 0.717) is 11.4 Å². The number of hydrogen-bond acceptors (Lipinski definition) is 4. The second-order valence-corrected chi connectivity index (χ2v) is 4.40. The van der Waals surface area contributed by atoms with Gasteiger partial charge in [-0.15, -0.1) is 0 Å². The number of urea groups is 1. The molecule has 1 aromatic carbocycles. The Hall–Kier alpha value is -2.24. The first-order valence-electron chi connectivity index (χ1n) is 6.39. The Bertz CT molecular complexity index is 443. The van der Waals surface area contributed by atoms with E-state index in [2.05, 4.69) is 10.6 Å². The van der Waals surface area contributed by atoms with Gasteiger partial charge in [0.05, 0.1) is 19.6 Å². The third kappa shape index (κ3) is 6.08. The van der Waals surface area contributed by atoms with Gasteiger partial charge in [-0.25, -0.2) is 4.79 Å². The first-order chi connectivity index (χ1) is 9.51. The molecule has 0 heterocycles. The van der Waals surface area contributed by atoms with E-state index in [-0.39, 0.29) is 31.1 Å². The molecule has 6 heteroatoms. The number of carbonyl (C=O) groups is 2. The van der Waals surface area contributed by atoms with Crippen molar-refractivity contribution in [2.24, 2.45) is 0 Å². The van der Waals surface area contributed by atoms with Crippen LogP contribution in [0.15, 0.2) is 24.3 Å². The highest BCUT2D eigenvalue weighted by molar-refractivity contribution is 5.89. The van der Waals surface area contributed by atoms with Crippen molar-refractivity contribution >= 4 is 17.7 Å². The lowest BCUT2D eigenvalue weighted by atomic mass is 10.3. The average molecular weight is 280 g/mol. The predicted octanol–water partition coefficient (Wildman–Crippen LogP) is 2.16. The van der Waals surface area contributed by atoms with Gasteiger partial charge in [-0.2, -0.15) is 0 Å². The van der Waals surface area contributed by atoms with Crippen LogP contribution in [0.25, 0.3) is 0 Å². The highest BCUT2D eigenvalue weighted by Gasteiger charge is 2.07. The van der Waals surface area contributed by atoms with Crippen molar-refractivity contribution < 1.29 is 19.1 Å². The van der Waals surface area contributed by atoms with E-state index < -0.39 is 0 Å². The summed E-state index contributed by atoms with van der Waals surface area (Å²) in [6.45, 7) is 3.79. The molecular formula is C14H20N2O4. The molecule has 0 bridgehead atoms. The van der Waals surface area contributed by atoms with Crippen LogP contribution in [0.2, 0.25) is 0 Å². The fourth-order valence-electron chi connectivity index (χ4n) is 1.45. The maximum absolute atomic E-state index is 11.6. The van der Waals surface area contributed by atoms with Crippen LogP contribution in [0.4, 0.5) is 10.5 Å². The van der Waals surface area contributed by atoms with Crippen molar-refractivity contribution in [1.29, 1.82) is 0 Å². The molecule has 0 aliphatic carbocycles. The standard InChI is InChI=1S/C14H20N2O4/c1-10(2)20-13(17)8-9-15-14(18)16-11-4-6-12(19-3)7-5-11/h4-7,10H,8-9H2,1-3H3,(H2,15,16,18). The molecule has 0 saturated carbocycles. The number of carbonyl (C=O) groups excluding carboxylic acids is 2. The number of nitrogens with one attached hydrogen (secondary N) is 2. The first-order valence-corrected chi connectivity index (χ1v) is 6.39. The van der Waals surface area contributed by atoms with Gasteiger partial charge in [0.15, 0.2) is 0 Å². The third-order valence-electron chi connectivity index (χ3n) is 2.33. The minimum absolute atomic E-state index is 0.143. The molecule has 2 amide bonds. The molecular weight excluding hydrogens is 260 g/mol. The van der Waals surface area contributed by atoms with E-state index in [0.717, 1.165) is 0 Å². The molecule has 110 valence electrons. The fraction of sp³-hybridized carbons (Fsp3) is 0.429. The zero-order chi connectivity index (χ0) is 15.0. The predicted molar refractivity (Wildman–Crippen MR) is 75.9 cm³/mol. The van der Waals surface area contributed by atoms with Crippen molar-refractivity contribution in [2.45, 2.75) is 26.4 Å². The molecule has 0 unspecified atom stereocenters. The van der Waals surface area contributed by atoms with Crippen molar-refractivity contribution in [3.8, 4) is 5.75 Å². The Balaban J connectivity index is 2.27. The Kier molecular flexibility index (Phi) is 6.36. The van der Waals surface area contributed by atoms with Crippen LogP contribution in [0.5, 0.6) is 5.75 Å². The van der Waals surface area contributed by atoms with E-state index in [9.17, 15) is 9.59 Å². The third-order valence-corrected chi connectivity index (χ3v) is 2.33. The average Bonchev–Trinajstić information content (AvgIpc) is 2.38. The minimum Gasteiger partial charge on any atom is -0.497 e. The Labute approximate surface area is 118 Å². The fourth-order valence-corrected chi connectivity index (χ4v) is 1.45. The highest BCUT2D eigenvalue weighted by Crippen LogP contribution is 2.14. The second kappa shape index (κ2) is 8.04. The lowest BCUT2D eigenvalue weighted by Crippen LogP contribution is -2.31. The normalized spacial score (nSPS) is 10.0. The van der Waals surface area contributed by atoms with Gasteiger partial charge in [0.1, 0.15) is 5.75 Å². The van der Waals surface area contributed by atoms with E-state index in [1.54, 1.807) is 45.2 Å². The lowest BCUT2D eigenvalue weighted by molar-refractivity contribution is -0.147. The van der Waals surface area contributed by atoms with Gasteiger partial charge in [0, 0.05) is 12.2 Å². The van der Waals surface area contributed by atoms with E-state index in [4.69, 9.17) is 9.47 Å². The minimum atomic E-state index is -0.368. The largest absolute Gasteiger partial charge is 0.497 e. The number of amides is 2. The Morgan fingerprint density at radius 2 is 1.85 bits per heavy atom. The summed E-state index contributed by atoms with van der Waals surface area (Å²) in [4.78, 5) is 22.8. The first kappa shape index (κ1) is 15.8. The van der Waals surface area contributed by atoms with E-state index >= 15 is 0 Å². The van der Waals surface area contributed by atoms with Crippen LogP contribution < -0.4 is 15.4 Å². The Morgan fingerprint density at radius 1 is 1.20 bits per heavy atom. The summed E-state index contributed by atoms with van der Waals surface area (Å²) in [5.41, 5.74) is 0.646. The SMILES string of the molecule is COc1ccc(NC(=O)NCCC(=O)OC(C)C)cc1. The van der Waals surface area contributed by atoms with Gasteiger partial charge in [-0.1, -0.05) is 0 Å². The van der Waals surface area contributed by atoms with Crippen molar-refractivity contribution in [1.82, 2.24) is 5.32 Å². The molecule has 0 atom stereocenters. The molecule has 2 N–H and O–H groups in total. The van der Waals surface area contributed by atoms with Gasteiger partial charge in [-0.05, 0) is 38.1 Å². The molecule has 0 aliphatic heterocycles. The number of rotatable bonds is 6. The maximum atomic E-state index is 11.6. The summed E-state index contributed by atoms with van der Waals surface area (Å²) in [5, 5.41) is 5.23. The molecule has 0 radical (unpaired) electrons. The monoisotopic (exact) mass is 280 g/mol. The van der Waals surface area contributed by atoms with Crippen LogP contribution in [-0.4, -0.2) is 31.8 Å². The molecule has 0 saturated heterocycles. The number of hydrogen-bond donors (Lipinski definition) is 2. The van der Waals surface area contributed by atoms with Gasteiger partial charge in [-0.3, -0.25) is 4.79 Å². The van der Waals surface area contributed by atoms with Crippen LogP contribution >= 0.6 is 0 Å². The molecule has 0 fully saturated rings. The second-order valence-electron chi connectivity index (χ2n) is 4.40. The summed E-state index contributed by atoms with van der Waals surface area (Å²) in [7, 11) is 1.57. The Morgan fingerprint density at radius 3 is 2.40 bits per heavy atom. The smallest absolute Gasteiger partial charge is 0.319 e. The number of ether oxygens (including phenoxy) is 2. The summed E-state index contributed by atoms with van der Waals surface area (Å²) < 4.78 is 9.97. The van der Waals surface area contributed by atoms with Crippen molar-refractivity contribution in [2.75, 3.05) is 19.0 Å². The zero-order valence-electron chi connectivity index (χ0n) is 11.9. The van der Waals surface area contributed by atoms with Crippen molar-refractivity contribution in [3.63, 3.8) is 0 Å². The van der Waals surface area contributed by atoms with Crippen molar-refractivity contribution in [3.05, 3.63) is 24.3 Å².